The topological polar surface area (TPSA) is 230 Å². The van der Waals surface area contributed by atoms with Crippen molar-refractivity contribution in [2.45, 2.75) is 146 Å². The van der Waals surface area contributed by atoms with Crippen LogP contribution in [0.4, 0.5) is 11.6 Å². The van der Waals surface area contributed by atoms with E-state index < -0.39 is 85.8 Å². The first kappa shape index (κ1) is 48.5. The number of ether oxygens (including phenoxy) is 2. The van der Waals surface area contributed by atoms with E-state index in [2.05, 4.69) is 111 Å². The van der Waals surface area contributed by atoms with Crippen LogP contribution in [0.25, 0.3) is 22.2 Å². The maximum atomic E-state index is 14.8. The van der Waals surface area contributed by atoms with Gasteiger partial charge in [-0.15, -0.1) is 0 Å². The van der Waals surface area contributed by atoms with E-state index in [4.69, 9.17) is 53.2 Å². The van der Waals surface area contributed by atoms with Crippen molar-refractivity contribution in [2.75, 3.05) is 37.4 Å². The van der Waals surface area contributed by atoms with Crippen LogP contribution in [-0.4, -0.2) is 124 Å². The molecule has 0 aliphatic carbocycles. The molecule has 64 heavy (non-hydrogen) atoms. The van der Waals surface area contributed by atoms with Crippen LogP contribution in [0, 0.1) is 0 Å². The van der Waals surface area contributed by atoms with Crippen LogP contribution in [-0.2, 0) is 65.8 Å². The summed E-state index contributed by atoms with van der Waals surface area (Å²) < 4.78 is 71.7. The van der Waals surface area contributed by atoms with E-state index in [0.717, 1.165) is 36.2 Å². The molecule has 354 valence electrons. The van der Waals surface area contributed by atoms with Gasteiger partial charge in [-0.05, 0) is 66.5 Å². The number of thiol groups is 1. The van der Waals surface area contributed by atoms with E-state index in [1.807, 2.05) is 10.8 Å². The van der Waals surface area contributed by atoms with Gasteiger partial charge in [-0.2, -0.15) is 0 Å². The number of aliphatic hydroxyl groups excluding tert-OH is 1. The van der Waals surface area contributed by atoms with E-state index >= 15 is 0 Å². The van der Waals surface area contributed by atoms with Crippen LogP contribution in [0.1, 0.15) is 71.8 Å². The van der Waals surface area contributed by atoms with Gasteiger partial charge in [-0.1, -0.05) is 53.8 Å². The minimum absolute atomic E-state index is 0.131. The summed E-state index contributed by atoms with van der Waals surface area (Å²) in [5.74, 6) is 1.23. The van der Waals surface area contributed by atoms with Gasteiger partial charge in [0, 0.05) is 19.8 Å². The summed E-state index contributed by atoms with van der Waals surface area (Å²) in [5, 5.41) is 16.8. The lowest BCUT2D eigenvalue weighted by atomic mass is 10.1. The molecule has 0 amide bonds. The Hall–Kier alpha value is -1.97. The zero-order valence-electron chi connectivity index (χ0n) is 38.0. The monoisotopic (exact) mass is 1000 g/mol. The number of nitrogens with one attached hydrogen (secondary N) is 2. The summed E-state index contributed by atoms with van der Waals surface area (Å²) in [7, 11) is -3.63. The highest BCUT2D eigenvalue weighted by Crippen LogP contribution is 2.59. The first-order chi connectivity index (χ1) is 29.8. The van der Waals surface area contributed by atoms with Crippen molar-refractivity contribution in [3.05, 3.63) is 30.2 Å². The molecule has 10 atom stereocenters. The number of anilines is 2. The average molecular weight is 1000 g/mol. The normalized spacial score (nSPS) is 32.1. The van der Waals surface area contributed by atoms with Crippen LogP contribution in [0.15, 0.2) is 18.9 Å². The Balaban J connectivity index is 1.21. The lowest BCUT2D eigenvalue weighted by Crippen LogP contribution is -2.50. The van der Waals surface area contributed by atoms with Crippen LogP contribution in [0.3, 0.4) is 0 Å². The fraction of sp³-hybridized carbons (Fsp3) is 0.711. The Kier molecular flexibility index (Phi) is 13.3. The highest BCUT2D eigenvalue weighted by molar-refractivity contribution is 8.44. The van der Waals surface area contributed by atoms with Crippen molar-refractivity contribution in [3.8, 4) is 0 Å². The van der Waals surface area contributed by atoms with Gasteiger partial charge >= 0.3 is 13.5 Å². The molecular formula is C38H61N9O11P2S2Si2. The fourth-order valence-corrected chi connectivity index (χ4v) is 13.4. The molecule has 0 saturated carbocycles. The van der Waals surface area contributed by atoms with Crippen molar-refractivity contribution in [2.24, 2.45) is 0 Å². The summed E-state index contributed by atoms with van der Waals surface area (Å²) >= 11 is 10.4. The highest BCUT2D eigenvalue weighted by Gasteiger charge is 2.57. The minimum Gasteiger partial charge on any atom is -0.408 e. The number of fused-ring (bicyclic) bond motifs is 4. The first-order valence-electron chi connectivity index (χ1n) is 21.4. The van der Waals surface area contributed by atoms with Crippen LogP contribution in [0.2, 0.25) is 36.3 Å². The molecule has 3 saturated heterocycles. The van der Waals surface area contributed by atoms with Crippen LogP contribution >= 0.6 is 25.8 Å². The Bertz CT molecular complexity index is 2490. The standard InChI is InChI=1S/C38H61N9O11P2S2Si2/c1-37(2,3)63(8,9)57-28-23-18-52-59(49,61)55-27-22(17-51-60(50,62)56-29(28)35(54-23)47-20-43-26-32(39-7)44-24(16-48)45-34(26)47)53-36(30(27)58-64(10,11)38(4,5)6)46-15-21-13-12-14-40-31-25(21)33(46)42-19-41-31/h15,19-20,22-23,27-30,35-36,48H,12-14,16-18H2,1-11H3,(H,49,61)(H,50,62)(H,39,44,45)(H,40,41,42)/t22-,23-,27-,28-,29-,30-,35-,36-,59?,60?/m1/s1. The average Bonchev–Trinajstić information content (AvgIpc) is 3.92. The molecule has 26 heteroatoms. The van der Waals surface area contributed by atoms with Gasteiger partial charge in [-0.3, -0.25) is 18.1 Å². The number of aryl methyl sites for hydroxylation is 1. The van der Waals surface area contributed by atoms with Gasteiger partial charge in [0.05, 0.1) is 24.9 Å². The van der Waals surface area contributed by atoms with Gasteiger partial charge in [0.1, 0.15) is 61.0 Å². The van der Waals surface area contributed by atoms with Crippen LogP contribution < -0.4 is 10.6 Å². The summed E-state index contributed by atoms with van der Waals surface area (Å²) in [4.78, 5) is 34.9. The molecule has 4 aromatic heterocycles. The lowest BCUT2D eigenvalue weighted by molar-refractivity contribution is -0.0591. The van der Waals surface area contributed by atoms with Gasteiger partial charge in [0.15, 0.2) is 51.9 Å². The molecule has 0 radical (unpaired) electrons. The first-order valence-corrected chi connectivity index (χ1v) is 32.5. The quantitative estimate of drug-likeness (QED) is 0.0693. The second-order valence-electron chi connectivity index (χ2n) is 19.7. The number of rotatable bonds is 8. The maximum absolute atomic E-state index is 14.8. The van der Waals surface area contributed by atoms with Crippen LogP contribution in [0.5, 0.6) is 0 Å². The molecule has 4 aromatic rings. The fourth-order valence-electron chi connectivity index (χ4n) is 7.93. The second-order valence-corrected chi connectivity index (χ2v) is 34.9. The third-order valence-electron chi connectivity index (χ3n) is 13.4. The number of imidazole rings is 1. The molecule has 2 bridgehead atoms. The Morgan fingerprint density at radius 2 is 1.59 bits per heavy atom. The molecule has 3 fully saturated rings. The summed E-state index contributed by atoms with van der Waals surface area (Å²) in [6.45, 7) is 12.0. The molecule has 2 unspecified atom stereocenters. The van der Waals surface area contributed by atoms with Crippen molar-refractivity contribution in [1.29, 1.82) is 0 Å². The number of hydrogen-bond donors (Lipinski definition) is 5. The molecule has 4 N–H and O–H groups in total. The Labute approximate surface area is 385 Å². The SMILES string of the molecule is CNc1nc(CO)nc2c1ncn2[C@@H]1O[C@@H]2COP(=O)(S)O[C@H]3[C@@H](O[Si](C)(C)C(C)(C)C)[C@H](n4cc5c6c(ncnc64)NCCC5)O[C@@H]3COP(O)(=S)O[C@@H]1[C@@H]2O[Si](C)(C)C(C)(C)C. The molecular weight excluding hydrogens is 941 g/mol. The number of aromatic nitrogens is 7. The third-order valence-corrected chi connectivity index (χ3v) is 25.5. The molecule has 20 nitrogen and oxygen atoms in total. The third kappa shape index (κ3) is 9.29. The predicted molar refractivity (Wildman–Crippen MR) is 252 cm³/mol. The minimum atomic E-state index is -4.32. The molecule has 0 aromatic carbocycles. The van der Waals surface area contributed by atoms with Gasteiger partial charge < -0.3 is 48.1 Å². The van der Waals surface area contributed by atoms with Gasteiger partial charge in [0.2, 0.25) is 0 Å². The molecule has 4 aliphatic rings. The maximum Gasteiger partial charge on any atom is 0.386 e. The highest BCUT2D eigenvalue weighted by atomic mass is 32.7. The molecule has 8 heterocycles. The largest absolute Gasteiger partial charge is 0.408 e. The van der Waals surface area contributed by atoms with E-state index in [9.17, 15) is 14.6 Å². The number of aliphatic hydroxyl groups is 1. The number of nitrogens with zero attached hydrogens (tertiary/aromatic N) is 7. The summed E-state index contributed by atoms with van der Waals surface area (Å²) in [5.41, 5.74) is 2.35. The van der Waals surface area contributed by atoms with E-state index in [1.165, 1.54) is 12.7 Å². The van der Waals surface area contributed by atoms with E-state index in [-0.39, 0.29) is 29.1 Å². The predicted octanol–water partition coefficient (Wildman–Crippen LogP) is 6.81. The van der Waals surface area contributed by atoms with Gasteiger partial charge in [0.25, 0.3) is 0 Å². The lowest BCUT2D eigenvalue weighted by Gasteiger charge is -2.41. The van der Waals surface area contributed by atoms with E-state index in [1.54, 1.807) is 11.6 Å². The summed E-state index contributed by atoms with van der Waals surface area (Å²) in [6.07, 6.45) is -1.46. The van der Waals surface area contributed by atoms with Crippen molar-refractivity contribution in [1.82, 2.24) is 34.1 Å². The zero-order valence-corrected chi connectivity index (χ0v) is 43.5. The van der Waals surface area contributed by atoms with Crippen molar-refractivity contribution < 1.29 is 51.0 Å². The smallest absolute Gasteiger partial charge is 0.386 e. The zero-order chi connectivity index (χ0) is 46.4. The van der Waals surface area contributed by atoms with Gasteiger partial charge in [-0.25, -0.2) is 29.5 Å². The second kappa shape index (κ2) is 17.5. The molecule has 8 rings (SSSR count). The number of hydrogen-bond acceptors (Lipinski definition) is 18. The summed E-state index contributed by atoms with van der Waals surface area (Å²) in [6, 6.07) is 0. The Morgan fingerprint density at radius 3 is 2.27 bits per heavy atom. The van der Waals surface area contributed by atoms with Crippen molar-refractivity contribution in [3.63, 3.8) is 0 Å². The van der Waals surface area contributed by atoms with E-state index in [0.29, 0.717) is 22.6 Å². The Morgan fingerprint density at radius 1 is 0.922 bits per heavy atom. The van der Waals surface area contributed by atoms with Crippen molar-refractivity contribution >= 4 is 88.0 Å². The molecule has 4 aliphatic heterocycles. The molecule has 0 spiro atoms.